The van der Waals surface area contributed by atoms with Crippen molar-refractivity contribution in [1.82, 2.24) is 0 Å². The van der Waals surface area contributed by atoms with Crippen molar-refractivity contribution < 1.29 is 8.42 Å². The first-order valence-electron chi connectivity index (χ1n) is 6.30. The van der Waals surface area contributed by atoms with Crippen LogP contribution in [0.25, 0.3) is 0 Å². The second kappa shape index (κ2) is 4.53. The highest BCUT2D eigenvalue weighted by Crippen LogP contribution is 2.43. The Labute approximate surface area is 114 Å². The van der Waals surface area contributed by atoms with Gasteiger partial charge in [0.15, 0.2) is 9.84 Å². The van der Waals surface area contributed by atoms with Gasteiger partial charge in [-0.25, -0.2) is 8.42 Å². The summed E-state index contributed by atoms with van der Waals surface area (Å²) in [5.41, 5.74) is 1.76. The van der Waals surface area contributed by atoms with Crippen LogP contribution < -0.4 is 0 Å². The smallest absolute Gasteiger partial charge is 0.185 e. The molecule has 2 rings (SSSR count). The zero-order valence-corrected chi connectivity index (χ0v) is 12.7. The molecule has 0 radical (unpaired) electrons. The first-order chi connectivity index (χ1) is 8.29. The van der Waals surface area contributed by atoms with Gasteiger partial charge in [-0.05, 0) is 50.8 Å². The molecule has 100 valence electrons. The molecule has 1 aliphatic carbocycles. The predicted molar refractivity (Wildman–Crippen MR) is 75.0 cm³/mol. The van der Waals surface area contributed by atoms with E-state index >= 15 is 0 Å². The monoisotopic (exact) mass is 286 g/mol. The van der Waals surface area contributed by atoms with Crippen molar-refractivity contribution in [3.05, 3.63) is 28.3 Å². The van der Waals surface area contributed by atoms with Gasteiger partial charge in [-0.15, -0.1) is 0 Å². The van der Waals surface area contributed by atoms with Gasteiger partial charge in [0, 0.05) is 0 Å². The molecule has 18 heavy (non-hydrogen) atoms. The minimum absolute atomic E-state index is 0.341. The lowest BCUT2D eigenvalue weighted by Gasteiger charge is -2.26. The number of aryl methyl sites for hydroxylation is 1. The molecule has 1 aromatic carbocycles. The summed E-state index contributed by atoms with van der Waals surface area (Å²) in [6.07, 6.45) is 3.44. The summed E-state index contributed by atoms with van der Waals surface area (Å²) in [5.74, 6) is 0. The Kier molecular flexibility index (Phi) is 3.50. The zero-order valence-electron chi connectivity index (χ0n) is 11.1. The summed E-state index contributed by atoms with van der Waals surface area (Å²) in [5, 5.41) is 0.353. The van der Waals surface area contributed by atoms with Crippen LogP contribution in [0, 0.1) is 13.8 Å². The molecule has 4 heteroatoms. The molecule has 0 amide bonds. The normalized spacial score (nSPS) is 19.1. The fourth-order valence-corrected chi connectivity index (χ4v) is 5.44. The Morgan fingerprint density at radius 3 is 2.28 bits per heavy atom. The van der Waals surface area contributed by atoms with Gasteiger partial charge >= 0.3 is 0 Å². The lowest BCUT2D eigenvalue weighted by Crippen LogP contribution is -2.32. The third-order valence-electron chi connectivity index (χ3n) is 4.21. The molecule has 0 spiro atoms. The quantitative estimate of drug-likeness (QED) is 0.821. The van der Waals surface area contributed by atoms with Crippen molar-refractivity contribution in [3.8, 4) is 0 Å². The molecular weight excluding hydrogens is 268 g/mol. The molecule has 0 aromatic heterocycles. The zero-order chi connectivity index (χ0) is 13.6. The van der Waals surface area contributed by atoms with E-state index in [4.69, 9.17) is 11.6 Å². The average Bonchev–Trinajstić information content (AvgIpc) is 2.73. The molecule has 0 N–H and O–H groups in total. The summed E-state index contributed by atoms with van der Waals surface area (Å²) < 4.78 is 25.1. The Hall–Kier alpha value is -0.540. The van der Waals surface area contributed by atoms with E-state index < -0.39 is 14.6 Å². The fraction of sp³-hybridized carbons (Fsp3) is 0.571. The molecule has 1 fully saturated rings. The van der Waals surface area contributed by atoms with Crippen LogP contribution in [0.15, 0.2) is 17.0 Å². The van der Waals surface area contributed by atoms with E-state index in [1.54, 1.807) is 6.07 Å². The van der Waals surface area contributed by atoms with Crippen molar-refractivity contribution in [2.24, 2.45) is 0 Å². The second-order valence-corrected chi connectivity index (χ2v) is 8.29. The maximum atomic E-state index is 12.9. The van der Waals surface area contributed by atoms with Gasteiger partial charge in [-0.2, -0.15) is 0 Å². The van der Waals surface area contributed by atoms with E-state index in [2.05, 4.69) is 0 Å². The van der Waals surface area contributed by atoms with Crippen LogP contribution in [0.2, 0.25) is 5.02 Å². The molecule has 1 saturated carbocycles. The van der Waals surface area contributed by atoms with E-state index in [-0.39, 0.29) is 0 Å². The largest absolute Gasteiger partial charge is 0.223 e. The molecule has 2 nitrogen and oxygen atoms in total. The summed E-state index contributed by atoms with van der Waals surface area (Å²) in [7, 11) is -3.35. The SMILES string of the molecule is Cc1ccc(Cl)c(S(=O)(=O)C2(C)CCCC2)c1C. The third kappa shape index (κ3) is 1.97. The lowest BCUT2D eigenvalue weighted by molar-refractivity contribution is 0.532. The summed E-state index contributed by atoms with van der Waals surface area (Å²) in [4.78, 5) is 0.341. The van der Waals surface area contributed by atoms with E-state index in [1.165, 1.54) is 0 Å². The summed E-state index contributed by atoms with van der Waals surface area (Å²) in [6.45, 7) is 5.61. The Bertz CT molecular complexity index is 570. The van der Waals surface area contributed by atoms with Crippen LogP contribution >= 0.6 is 11.6 Å². The van der Waals surface area contributed by atoms with Crippen molar-refractivity contribution in [2.45, 2.75) is 56.1 Å². The van der Waals surface area contributed by atoms with Gasteiger partial charge in [-0.1, -0.05) is 30.5 Å². The van der Waals surface area contributed by atoms with Gasteiger partial charge < -0.3 is 0 Å². The van der Waals surface area contributed by atoms with Crippen LogP contribution in [-0.4, -0.2) is 13.2 Å². The number of rotatable bonds is 2. The highest BCUT2D eigenvalue weighted by molar-refractivity contribution is 7.93. The second-order valence-electron chi connectivity index (χ2n) is 5.48. The van der Waals surface area contributed by atoms with Gasteiger partial charge in [0.25, 0.3) is 0 Å². The summed E-state index contributed by atoms with van der Waals surface area (Å²) in [6, 6.07) is 3.56. The number of benzene rings is 1. The highest BCUT2D eigenvalue weighted by atomic mass is 35.5. The standard InChI is InChI=1S/C14H19ClO2S/c1-10-6-7-12(15)13(11(10)2)18(16,17)14(3)8-4-5-9-14/h6-7H,4-5,8-9H2,1-3H3. The van der Waals surface area contributed by atoms with E-state index in [0.717, 1.165) is 36.8 Å². The summed E-state index contributed by atoms with van der Waals surface area (Å²) >= 11 is 6.15. The van der Waals surface area contributed by atoms with Crippen LogP contribution in [0.1, 0.15) is 43.7 Å². The van der Waals surface area contributed by atoms with Crippen molar-refractivity contribution >= 4 is 21.4 Å². The Balaban J connectivity index is 2.65. The molecule has 1 aromatic rings. The van der Waals surface area contributed by atoms with Crippen molar-refractivity contribution in [1.29, 1.82) is 0 Å². The van der Waals surface area contributed by atoms with Crippen LogP contribution in [-0.2, 0) is 9.84 Å². The van der Waals surface area contributed by atoms with Gasteiger partial charge in [-0.3, -0.25) is 0 Å². The first kappa shape index (κ1) is 13.9. The predicted octanol–water partition coefficient (Wildman–Crippen LogP) is 4.06. The van der Waals surface area contributed by atoms with Gasteiger partial charge in [0.05, 0.1) is 14.7 Å². The highest BCUT2D eigenvalue weighted by Gasteiger charge is 2.44. The van der Waals surface area contributed by atoms with Crippen LogP contribution in [0.5, 0.6) is 0 Å². The third-order valence-corrected chi connectivity index (χ3v) is 7.40. The minimum atomic E-state index is -3.35. The van der Waals surface area contributed by atoms with E-state index in [1.807, 2.05) is 26.8 Å². The molecule has 0 unspecified atom stereocenters. The Morgan fingerprint density at radius 1 is 1.17 bits per heavy atom. The number of hydrogen-bond donors (Lipinski definition) is 0. The fourth-order valence-electron chi connectivity index (χ4n) is 2.72. The van der Waals surface area contributed by atoms with Crippen molar-refractivity contribution in [3.63, 3.8) is 0 Å². The molecule has 0 heterocycles. The molecule has 0 atom stereocenters. The van der Waals surface area contributed by atoms with Crippen LogP contribution in [0.3, 0.4) is 0 Å². The van der Waals surface area contributed by atoms with Crippen molar-refractivity contribution in [2.75, 3.05) is 0 Å². The van der Waals surface area contributed by atoms with Gasteiger partial charge in [0.1, 0.15) is 0 Å². The van der Waals surface area contributed by atoms with E-state index in [9.17, 15) is 8.42 Å². The first-order valence-corrected chi connectivity index (χ1v) is 8.16. The molecule has 0 aliphatic heterocycles. The number of sulfone groups is 1. The number of hydrogen-bond acceptors (Lipinski definition) is 2. The lowest BCUT2D eigenvalue weighted by atomic mass is 10.1. The topological polar surface area (TPSA) is 34.1 Å². The molecular formula is C14H19ClO2S. The van der Waals surface area contributed by atoms with E-state index in [0.29, 0.717) is 9.92 Å². The molecule has 1 aliphatic rings. The number of halogens is 1. The molecule has 0 saturated heterocycles. The molecule has 0 bridgehead atoms. The average molecular weight is 287 g/mol. The van der Waals surface area contributed by atoms with Gasteiger partial charge in [0.2, 0.25) is 0 Å². The maximum absolute atomic E-state index is 12.9. The Morgan fingerprint density at radius 2 is 1.72 bits per heavy atom. The maximum Gasteiger partial charge on any atom is 0.185 e. The minimum Gasteiger partial charge on any atom is -0.223 e. The van der Waals surface area contributed by atoms with Crippen LogP contribution in [0.4, 0.5) is 0 Å².